The second-order valence-corrected chi connectivity index (χ2v) is 9.94. The summed E-state index contributed by atoms with van der Waals surface area (Å²) in [6.45, 7) is 0.329. The molecule has 1 aliphatic rings. The quantitative estimate of drug-likeness (QED) is 0.318. The van der Waals surface area contributed by atoms with E-state index in [0.717, 1.165) is 22.3 Å². The molecule has 8 nitrogen and oxygen atoms in total. The molecule has 2 amide bonds. The highest BCUT2D eigenvalue weighted by Crippen LogP contribution is 2.27. The molecule has 212 valence electrons. The number of carbonyl (C=O) groups excluding carboxylic acids is 2. The van der Waals surface area contributed by atoms with Crippen molar-refractivity contribution in [2.45, 2.75) is 26.0 Å². The minimum atomic E-state index is -4.89. The predicted molar refractivity (Wildman–Crippen MR) is 146 cm³/mol. The molecule has 4 aromatic rings. The van der Waals surface area contributed by atoms with Crippen LogP contribution >= 0.6 is 23.2 Å². The summed E-state index contributed by atoms with van der Waals surface area (Å²) in [5.41, 5.74) is 0.908. The molecule has 5 rings (SSSR count). The molecule has 0 fully saturated rings. The number of benzene rings is 3. The zero-order valence-corrected chi connectivity index (χ0v) is 22.6. The SMILES string of the molecule is O=C(NCc1ccccc1)c1c2n(c(=O)n1-c1ccc(OC(F)(F)F)cc1)CCN(C(=O)c1ccc(Cl)c(Cl)c1)C2. The minimum absolute atomic E-state index is 0.0398. The Balaban J connectivity index is 1.53. The Labute approximate surface area is 241 Å². The summed E-state index contributed by atoms with van der Waals surface area (Å²) >= 11 is 12.1. The second kappa shape index (κ2) is 11.3. The largest absolute Gasteiger partial charge is 0.573 e. The fraction of sp³-hybridized carbons (Fsp3) is 0.179. The highest BCUT2D eigenvalue weighted by atomic mass is 35.5. The van der Waals surface area contributed by atoms with Gasteiger partial charge in [-0.1, -0.05) is 53.5 Å². The number of imidazole rings is 1. The molecule has 1 N–H and O–H groups in total. The summed E-state index contributed by atoms with van der Waals surface area (Å²) < 4.78 is 44.4. The van der Waals surface area contributed by atoms with Gasteiger partial charge in [0.2, 0.25) is 0 Å². The summed E-state index contributed by atoms with van der Waals surface area (Å²) in [4.78, 5) is 41.9. The standard InChI is InChI=1S/C28H21Cl2F3N4O4/c29-21-11-6-18(14-22(21)30)26(39)35-12-13-36-23(16-35)24(25(38)34-15-17-4-2-1-3-5-17)37(27(36)40)19-7-9-20(10-8-19)41-28(31,32)33/h1-11,14H,12-13,15-16H2,(H,34,38). The lowest BCUT2D eigenvalue weighted by Crippen LogP contribution is -2.41. The minimum Gasteiger partial charge on any atom is -0.406 e. The number of fused-ring (bicyclic) bond motifs is 1. The van der Waals surface area contributed by atoms with Crippen molar-refractivity contribution in [2.75, 3.05) is 6.54 Å². The third-order valence-corrected chi connectivity index (χ3v) is 7.21. The van der Waals surface area contributed by atoms with E-state index in [2.05, 4.69) is 10.1 Å². The summed E-state index contributed by atoms with van der Waals surface area (Å²) in [6.07, 6.45) is -4.89. The maximum atomic E-state index is 13.6. The van der Waals surface area contributed by atoms with Gasteiger partial charge in [0.25, 0.3) is 11.8 Å². The summed E-state index contributed by atoms with van der Waals surface area (Å²) in [5, 5.41) is 3.29. The van der Waals surface area contributed by atoms with Gasteiger partial charge in [-0.05, 0) is 48.0 Å². The zero-order chi connectivity index (χ0) is 29.3. The average molecular weight is 605 g/mol. The fourth-order valence-electron chi connectivity index (χ4n) is 4.58. The van der Waals surface area contributed by atoms with Crippen molar-refractivity contribution in [2.24, 2.45) is 0 Å². The number of nitrogens with one attached hydrogen (secondary N) is 1. The number of aromatic nitrogens is 2. The number of hydrogen-bond acceptors (Lipinski definition) is 4. The van der Waals surface area contributed by atoms with Crippen LogP contribution in [0.2, 0.25) is 10.0 Å². The third-order valence-electron chi connectivity index (χ3n) is 6.47. The van der Waals surface area contributed by atoms with Gasteiger partial charge in [0, 0.05) is 25.2 Å². The van der Waals surface area contributed by atoms with Crippen molar-refractivity contribution in [1.82, 2.24) is 19.4 Å². The van der Waals surface area contributed by atoms with E-state index in [9.17, 15) is 27.6 Å². The van der Waals surface area contributed by atoms with Crippen LogP contribution in [0, 0.1) is 0 Å². The normalized spacial score (nSPS) is 13.0. The number of carbonyl (C=O) groups is 2. The Morgan fingerprint density at radius 3 is 2.29 bits per heavy atom. The first-order valence-corrected chi connectivity index (χ1v) is 13.0. The summed E-state index contributed by atoms with van der Waals surface area (Å²) in [5.74, 6) is -1.45. The van der Waals surface area contributed by atoms with Crippen molar-refractivity contribution < 1.29 is 27.5 Å². The maximum Gasteiger partial charge on any atom is 0.573 e. The molecule has 0 saturated carbocycles. The van der Waals surface area contributed by atoms with Gasteiger partial charge in [0.05, 0.1) is 28.0 Å². The molecule has 0 radical (unpaired) electrons. The molecule has 41 heavy (non-hydrogen) atoms. The van der Waals surface area contributed by atoms with Gasteiger partial charge in [-0.15, -0.1) is 13.2 Å². The molecule has 13 heteroatoms. The first-order chi connectivity index (χ1) is 19.5. The lowest BCUT2D eigenvalue weighted by molar-refractivity contribution is -0.274. The maximum absolute atomic E-state index is 13.6. The van der Waals surface area contributed by atoms with Gasteiger partial charge < -0.3 is 15.0 Å². The topological polar surface area (TPSA) is 85.6 Å². The van der Waals surface area contributed by atoms with Crippen LogP contribution in [0.1, 0.15) is 32.1 Å². The molecule has 2 heterocycles. The second-order valence-electron chi connectivity index (χ2n) is 9.13. The number of halogens is 5. The van der Waals surface area contributed by atoms with Crippen LogP contribution in [0.5, 0.6) is 5.75 Å². The van der Waals surface area contributed by atoms with Crippen molar-refractivity contribution in [3.63, 3.8) is 0 Å². The molecule has 0 unspecified atom stereocenters. The fourth-order valence-corrected chi connectivity index (χ4v) is 4.87. The van der Waals surface area contributed by atoms with Crippen molar-refractivity contribution in [3.05, 3.63) is 116 Å². The van der Waals surface area contributed by atoms with Gasteiger partial charge in [-0.25, -0.2) is 4.79 Å². The van der Waals surface area contributed by atoms with Crippen molar-refractivity contribution >= 4 is 35.0 Å². The number of amides is 2. The first kappa shape index (κ1) is 28.3. The Kier molecular flexibility index (Phi) is 7.83. The molecule has 0 bridgehead atoms. The molecule has 1 aromatic heterocycles. The molecular formula is C28H21Cl2F3N4O4. The van der Waals surface area contributed by atoms with Crippen LogP contribution in [-0.2, 0) is 19.6 Å². The van der Waals surface area contributed by atoms with Gasteiger partial charge >= 0.3 is 12.1 Å². The van der Waals surface area contributed by atoms with Crippen molar-refractivity contribution in [3.8, 4) is 11.4 Å². The van der Waals surface area contributed by atoms with Crippen LogP contribution in [0.15, 0.2) is 77.6 Å². The van der Waals surface area contributed by atoms with E-state index in [0.29, 0.717) is 0 Å². The lowest BCUT2D eigenvalue weighted by Gasteiger charge is -2.28. The van der Waals surface area contributed by atoms with E-state index in [-0.39, 0.29) is 64.8 Å². The lowest BCUT2D eigenvalue weighted by atomic mass is 10.1. The summed E-state index contributed by atoms with van der Waals surface area (Å²) in [7, 11) is 0. The Hall–Kier alpha value is -4.22. The number of rotatable bonds is 6. The molecule has 0 aliphatic carbocycles. The van der Waals surface area contributed by atoms with Gasteiger partial charge in [-0.3, -0.25) is 18.7 Å². The number of ether oxygens (including phenoxy) is 1. The van der Waals surface area contributed by atoms with Crippen LogP contribution in [0.3, 0.4) is 0 Å². The Morgan fingerprint density at radius 2 is 1.63 bits per heavy atom. The van der Waals surface area contributed by atoms with E-state index < -0.39 is 23.7 Å². The average Bonchev–Trinajstić information content (AvgIpc) is 3.24. The van der Waals surface area contributed by atoms with Gasteiger partial charge in [-0.2, -0.15) is 0 Å². The first-order valence-electron chi connectivity index (χ1n) is 12.3. The smallest absolute Gasteiger partial charge is 0.406 e. The molecule has 1 aliphatic heterocycles. The van der Waals surface area contributed by atoms with Gasteiger partial charge in [0.15, 0.2) is 0 Å². The highest BCUT2D eigenvalue weighted by molar-refractivity contribution is 6.42. The molecule has 3 aromatic carbocycles. The van der Waals surface area contributed by atoms with Crippen LogP contribution in [-0.4, -0.2) is 38.8 Å². The Morgan fingerprint density at radius 1 is 0.927 bits per heavy atom. The van der Waals surface area contributed by atoms with Crippen LogP contribution in [0.4, 0.5) is 13.2 Å². The van der Waals surface area contributed by atoms with E-state index in [1.54, 1.807) is 0 Å². The highest BCUT2D eigenvalue weighted by Gasteiger charge is 2.33. The monoisotopic (exact) mass is 604 g/mol. The third kappa shape index (κ3) is 6.10. The zero-order valence-electron chi connectivity index (χ0n) is 21.1. The Bertz CT molecular complexity index is 1670. The number of alkyl halides is 3. The molecular weight excluding hydrogens is 584 g/mol. The molecule has 0 atom stereocenters. The van der Waals surface area contributed by atoms with E-state index in [4.69, 9.17) is 23.2 Å². The van der Waals surface area contributed by atoms with Crippen molar-refractivity contribution in [1.29, 1.82) is 0 Å². The van der Waals surface area contributed by atoms with E-state index >= 15 is 0 Å². The number of hydrogen-bond donors (Lipinski definition) is 1. The summed E-state index contributed by atoms with van der Waals surface area (Å²) in [6, 6.07) is 18.2. The predicted octanol–water partition coefficient (Wildman–Crippen LogP) is 5.43. The molecule has 0 saturated heterocycles. The van der Waals surface area contributed by atoms with E-state index in [1.165, 1.54) is 39.8 Å². The number of nitrogens with zero attached hydrogens (tertiary/aromatic N) is 3. The molecule has 0 spiro atoms. The van der Waals surface area contributed by atoms with Gasteiger partial charge in [0.1, 0.15) is 11.4 Å². The van der Waals surface area contributed by atoms with Crippen LogP contribution in [0.25, 0.3) is 5.69 Å². The van der Waals surface area contributed by atoms with Crippen LogP contribution < -0.4 is 15.7 Å². The van der Waals surface area contributed by atoms with E-state index in [1.807, 2.05) is 30.3 Å².